The zero-order valence-corrected chi connectivity index (χ0v) is 24.3. The Morgan fingerprint density at radius 3 is 2.24 bits per heavy atom. The van der Waals surface area contributed by atoms with Crippen LogP contribution < -0.4 is 9.62 Å². The van der Waals surface area contributed by atoms with Gasteiger partial charge in [0.2, 0.25) is 21.8 Å². The minimum atomic E-state index is -3.55. The van der Waals surface area contributed by atoms with Crippen LogP contribution in [0, 0.1) is 13.8 Å². The number of rotatable bonds is 13. The fraction of sp³-hybridized carbons (Fsp3) is 0.500. The number of carbonyl (C=O) groups excluding carboxylic acids is 2. The lowest BCUT2D eigenvalue weighted by Crippen LogP contribution is -2.50. The molecule has 2 atom stereocenters. The van der Waals surface area contributed by atoms with Crippen molar-refractivity contribution in [2.45, 2.75) is 78.9 Å². The molecule has 2 aromatic rings. The summed E-state index contributed by atoms with van der Waals surface area (Å²) in [6.07, 6.45) is 2.85. The van der Waals surface area contributed by atoms with Crippen molar-refractivity contribution in [1.82, 2.24) is 10.2 Å². The standard InChI is InChI=1S/C28H40ClN3O4S/c1-7-22(5)30-28(34)25(8-2)31(19-23-13-15-24(29)16-14-23)27(33)10-9-17-32(37(6,35)36)26-18-20(3)11-12-21(26)4/h11-16,18,22,25H,7-10,17,19H2,1-6H3,(H,30,34)/t22-,25+/m0/s1. The number of nitrogens with one attached hydrogen (secondary N) is 1. The smallest absolute Gasteiger partial charge is 0.243 e. The largest absolute Gasteiger partial charge is 0.352 e. The van der Waals surface area contributed by atoms with Crippen LogP contribution in [0.2, 0.25) is 5.02 Å². The summed E-state index contributed by atoms with van der Waals surface area (Å²) in [7, 11) is -3.55. The van der Waals surface area contributed by atoms with E-state index in [0.717, 1.165) is 23.1 Å². The molecule has 0 unspecified atom stereocenters. The molecule has 0 aliphatic rings. The molecule has 1 N–H and O–H groups in total. The number of amides is 2. The van der Waals surface area contributed by atoms with Crippen molar-refractivity contribution in [2.75, 3.05) is 17.1 Å². The van der Waals surface area contributed by atoms with E-state index in [2.05, 4.69) is 5.32 Å². The number of sulfonamides is 1. The van der Waals surface area contributed by atoms with E-state index in [1.807, 2.05) is 65.0 Å². The number of nitrogens with zero attached hydrogens (tertiary/aromatic N) is 2. The van der Waals surface area contributed by atoms with Gasteiger partial charge in [0.25, 0.3) is 0 Å². The van der Waals surface area contributed by atoms with Crippen molar-refractivity contribution in [3.8, 4) is 0 Å². The summed E-state index contributed by atoms with van der Waals surface area (Å²) in [6, 6.07) is 12.2. The van der Waals surface area contributed by atoms with E-state index in [9.17, 15) is 18.0 Å². The molecule has 204 valence electrons. The molecule has 0 bridgehead atoms. The van der Waals surface area contributed by atoms with Gasteiger partial charge < -0.3 is 10.2 Å². The fourth-order valence-electron chi connectivity index (χ4n) is 4.12. The highest BCUT2D eigenvalue weighted by atomic mass is 35.5. The van der Waals surface area contributed by atoms with E-state index in [-0.39, 0.29) is 37.4 Å². The third-order valence-electron chi connectivity index (χ3n) is 6.44. The first-order chi connectivity index (χ1) is 17.4. The summed E-state index contributed by atoms with van der Waals surface area (Å²) < 4.78 is 26.6. The van der Waals surface area contributed by atoms with Crippen LogP contribution in [0.25, 0.3) is 0 Å². The molecule has 9 heteroatoms. The molecule has 0 aromatic heterocycles. The Morgan fingerprint density at radius 2 is 1.68 bits per heavy atom. The third-order valence-corrected chi connectivity index (χ3v) is 7.87. The van der Waals surface area contributed by atoms with Gasteiger partial charge in [-0.2, -0.15) is 0 Å². The lowest BCUT2D eigenvalue weighted by molar-refractivity contribution is -0.141. The van der Waals surface area contributed by atoms with Gasteiger partial charge in [0.05, 0.1) is 11.9 Å². The molecule has 7 nitrogen and oxygen atoms in total. The fourth-order valence-corrected chi connectivity index (χ4v) is 5.26. The second kappa shape index (κ2) is 13.8. The summed E-state index contributed by atoms with van der Waals surface area (Å²) in [4.78, 5) is 28.2. The van der Waals surface area contributed by atoms with E-state index in [1.165, 1.54) is 10.6 Å². The minimum absolute atomic E-state index is 0.00470. The topological polar surface area (TPSA) is 86.8 Å². The first-order valence-corrected chi connectivity index (χ1v) is 15.0. The average Bonchev–Trinajstić information content (AvgIpc) is 2.83. The van der Waals surface area contributed by atoms with Crippen molar-refractivity contribution >= 4 is 39.1 Å². The summed E-state index contributed by atoms with van der Waals surface area (Å²) in [5.41, 5.74) is 3.28. The lowest BCUT2D eigenvalue weighted by Gasteiger charge is -2.32. The Kier molecular flexibility index (Phi) is 11.4. The number of anilines is 1. The predicted octanol–water partition coefficient (Wildman–Crippen LogP) is 5.23. The number of benzene rings is 2. The number of hydrogen-bond acceptors (Lipinski definition) is 4. The Bertz CT molecular complexity index is 1170. The van der Waals surface area contributed by atoms with Gasteiger partial charge in [-0.15, -0.1) is 0 Å². The van der Waals surface area contributed by atoms with Gasteiger partial charge in [0.15, 0.2) is 0 Å². The van der Waals surface area contributed by atoms with Crippen molar-refractivity contribution in [2.24, 2.45) is 0 Å². The Labute approximate surface area is 227 Å². The molecule has 0 aliphatic heterocycles. The summed E-state index contributed by atoms with van der Waals surface area (Å²) in [5.74, 6) is -0.386. The number of aryl methyl sites for hydroxylation is 2. The van der Waals surface area contributed by atoms with E-state index < -0.39 is 16.1 Å². The molecule has 0 saturated heterocycles. The Balaban J connectivity index is 2.25. The van der Waals surface area contributed by atoms with Gasteiger partial charge in [-0.1, -0.05) is 49.7 Å². The maximum absolute atomic E-state index is 13.5. The van der Waals surface area contributed by atoms with Crippen LogP contribution in [-0.2, 0) is 26.2 Å². The second-order valence-electron chi connectivity index (χ2n) is 9.62. The minimum Gasteiger partial charge on any atom is -0.352 e. The van der Waals surface area contributed by atoms with Gasteiger partial charge in [-0.25, -0.2) is 8.42 Å². The molecule has 0 aliphatic carbocycles. The number of halogens is 1. The van der Waals surface area contributed by atoms with Crippen molar-refractivity contribution in [3.05, 3.63) is 64.2 Å². The monoisotopic (exact) mass is 549 g/mol. The summed E-state index contributed by atoms with van der Waals surface area (Å²) >= 11 is 6.03. The quantitative estimate of drug-likeness (QED) is 0.371. The average molecular weight is 550 g/mol. The molecule has 0 heterocycles. The summed E-state index contributed by atoms with van der Waals surface area (Å²) in [6.45, 7) is 10.0. The van der Waals surface area contributed by atoms with Crippen LogP contribution in [0.4, 0.5) is 5.69 Å². The van der Waals surface area contributed by atoms with E-state index in [4.69, 9.17) is 11.6 Å². The normalized spacial score (nSPS) is 13.1. The van der Waals surface area contributed by atoms with E-state index in [0.29, 0.717) is 23.6 Å². The lowest BCUT2D eigenvalue weighted by atomic mass is 10.1. The van der Waals surface area contributed by atoms with Crippen LogP contribution in [0.5, 0.6) is 0 Å². The van der Waals surface area contributed by atoms with Crippen molar-refractivity contribution in [1.29, 1.82) is 0 Å². The van der Waals surface area contributed by atoms with Crippen LogP contribution in [0.1, 0.15) is 63.1 Å². The molecule has 37 heavy (non-hydrogen) atoms. The van der Waals surface area contributed by atoms with Crippen LogP contribution >= 0.6 is 11.6 Å². The maximum atomic E-state index is 13.5. The van der Waals surface area contributed by atoms with Gasteiger partial charge in [-0.05, 0) is 74.9 Å². The first-order valence-electron chi connectivity index (χ1n) is 12.8. The number of hydrogen-bond donors (Lipinski definition) is 1. The van der Waals surface area contributed by atoms with Gasteiger partial charge in [0.1, 0.15) is 6.04 Å². The highest BCUT2D eigenvalue weighted by Crippen LogP contribution is 2.25. The molecule has 0 spiro atoms. The number of carbonyl (C=O) groups is 2. The van der Waals surface area contributed by atoms with Gasteiger partial charge >= 0.3 is 0 Å². The van der Waals surface area contributed by atoms with Crippen molar-refractivity contribution in [3.63, 3.8) is 0 Å². The molecular formula is C28H40ClN3O4S. The maximum Gasteiger partial charge on any atom is 0.243 e. The highest BCUT2D eigenvalue weighted by Gasteiger charge is 2.29. The summed E-state index contributed by atoms with van der Waals surface area (Å²) in [5, 5.41) is 3.59. The zero-order valence-electron chi connectivity index (χ0n) is 22.8. The molecule has 2 rings (SSSR count). The Morgan fingerprint density at radius 1 is 1.03 bits per heavy atom. The third kappa shape index (κ3) is 9.04. The Hall–Kier alpha value is -2.58. The van der Waals surface area contributed by atoms with E-state index >= 15 is 0 Å². The van der Waals surface area contributed by atoms with Gasteiger partial charge in [0, 0.05) is 30.6 Å². The molecular weight excluding hydrogens is 510 g/mol. The van der Waals surface area contributed by atoms with Gasteiger partial charge in [-0.3, -0.25) is 13.9 Å². The molecule has 0 radical (unpaired) electrons. The molecule has 0 saturated carbocycles. The SMILES string of the molecule is CC[C@H](C(=O)N[C@@H](C)CC)N(Cc1ccc(Cl)cc1)C(=O)CCCN(c1cc(C)ccc1C)S(C)(=O)=O. The molecule has 0 fully saturated rings. The van der Waals surface area contributed by atoms with E-state index in [1.54, 1.807) is 17.0 Å². The van der Waals surface area contributed by atoms with Crippen LogP contribution in [0.15, 0.2) is 42.5 Å². The highest BCUT2D eigenvalue weighted by molar-refractivity contribution is 7.92. The van der Waals surface area contributed by atoms with Crippen LogP contribution in [0.3, 0.4) is 0 Å². The predicted molar refractivity (Wildman–Crippen MR) is 151 cm³/mol. The first kappa shape index (κ1) is 30.6. The zero-order chi connectivity index (χ0) is 27.8. The van der Waals surface area contributed by atoms with Crippen LogP contribution in [-0.4, -0.2) is 50.0 Å². The molecule has 2 aromatic carbocycles. The molecule has 2 amide bonds. The second-order valence-corrected chi connectivity index (χ2v) is 12.0. The van der Waals surface area contributed by atoms with Crippen molar-refractivity contribution < 1.29 is 18.0 Å².